The maximum Gasteiger partial charge on any atom is 0.340 e. The molecular formula is C22H28O4. The molecule has 2 N–H and O–H groups in total. The first kappa shape index (κ1) is 17.7. The Morgan fingerprint density at radius 2 is 1.96 bits per heavy atom. The molecule has 0 aromatic heterocycles. The van der Waals surface area contributed by atoms with Crippen molar-refractivity contribution >= 4 is 11.8 Å². The zero-order chi connectivity index (χ0) is 19.1. The van der Waals surface area contributed by atoms with E-state index in [-0.39, 0.29) is 23.0 Å². The molecule has 0 unspecified atom stereocenters. The van der Waals surface area contributed by atoms with Crippen LogP contribution in [0.2, 0.25) is 0 Å². The van der Waals surface area contributed by atoms with E-state index >= 15 is 0 Å². The number of rotatable bonds is 1. The van der Waals surface area contributed by atoms with Crippen LogP contribution in [0.4, 0.5) is 0 Å². The number of hydrogen-bond donors (Lipinski definition) is 2. The van der Waals surface area contributed by atoms with E-state index in [0.29, 0.717) is 30.8 Å². The second-order valence-electron chi connectivity index (χ2n) is 9.36. The van der Waals surface area contributed by atoms with E-state index in [1.807, 2.05) is 13.0 Å². The first-order valence-electron chi connectivity index (χ1n) is 9.63. The molecule has 0 bridgehead atoms. The second kappa shape index (κ2) is 5.19. The molecular weight excluding hydrogens is 328 g/mol. The summed E-state index contributed by atoms with van der Waals surface area (Å²) in [6.07, 6.45) is 7.62. The predicted octanol–water partition coefficient (Wildman–Crippen LogP) is 3.67. The number of fused-ring (bicyclic) bond motifs is 5. The van der Waals surface area contributed by atoms with Crippen LogP contribution >= 0.6 is 0 Å². The van der Waals surface area contributed by atoms with Gasteiger partial charge in [0, 0.05) is 11.8 Å². The van der Waals surface area contributed by atoms with Gasteiger partial charge < -0.3 is 10.2 Å². The summed E-state index contributed by atoms with van der Waals surface area (Å²) in [5.41, 5.74) is 0.171. The Bertz CT molecular complexity index is 790. The molecule has 4 aliphatic carbocycles. The van der Waals surface area contributed by atoms with Crippen molar-refractivity contribution in [3.63, 3.8) is 0 Å². The molecule has 0 saturated heterocycles. The van der Waals surface area contributed by atoms with Crippen LogP contribution in [-0.2, 0) is 9.59 Å². The van der Waals surface area contributed by atoms with Crippen LogP contribution in [0.15, 0.2) is 35.5 Å². The third-order valence-electron chi connectivity index (χ3n) is 8.33. The highest BCUT2D eigenvalue weighted by Gasteiger charge is 2.68. The van der Waals surface area contributed by atoms with Crippen molar-refractivity contribution in [2.75, 3.05) is 0 Å². The van der Waals surface area contributed by atoms with Gasteiger partial charge in [-0.2, -0.15) is 0 Å². The zero-order valence-electron chi connectivity index (χ0n) is 15.8. The van der Waals surface area contributed by atoms with Gasteiger partial charge >= 0.3 is 5.97 Å². The van der Waals surface area contributed by atoms with E-state index in [1.165, 1.54) is 5.57 Å². The fourth-order valence-corrected chi connectivity index (χ4v) is 6.78. The fraction of sp³-hybridized carbons (Fsp3) is 0.636. The predicted molar refractivity (Wildman–Crippen MR) is 98.3 cm³/mol. The van der Waals surface area contributed by atoms with Gasteiger partial charge in [-0.25, -0.2) is 4.79 Å². The normalized spacial score (nSPS) is 47.5. The van der Waals surface area contributed by atoms with Gasteiger partial charge in [-0.15, -0.1) is 0 Å². The number of carbonyl (C=O) groups is 2. The molecule has 0 aromatic rings. The smallest absolute Gasteiger partial charge is 0.340 e. The molecule has 4 heteroatoms. The molecule has 6 atom stereocenters. The minimum Gasteiger partial charge on any atom is -0.479 e. The molecule has 0 aromatic carbocycles. The number of carboxylic acid groups (broad SMARTS) is 1. The van der Waals surface area contributed by atoms with E-state index < -0.39 is 17.0 Å². The third-order valence-corrected chi connectivity index (χ3v) is 8.33. The summed E-state index contributed by atoms with van der Waals surface area (Å²) in [5.74, 6) is -0.293. The summed E-state index contributed by atoms with van der Waals surface area (Å²) < 4.78 is 0. The topological polar surface area (TPSA) is 74.6 Å². The average Bonchev–Trinajstić information content (AvgIpc) is 2.78. The number of aliphatic hydroxyl groups is 1. The van der Waals surface area contributed by atoms with Crippen LogP contribution in [0.3, 0.4) is 0 Å². The highest BCUT2D eigenvalue weighted by molar-refractivity contribution is 5.92. The molecule has 4 rings (SSSR count). The number of ketones is 1. The van der Waals surface area contributed by atoms with E-state index in [1.54, 1.807) is 0 Å². The lowest BCUT2D eigenvalue weighted by atomic mass is 9.47. The summed E-state index contributed by atoms with van der Waals surface area (Å²) in [7, 11) is 0. The number of aliphatic carboxylic acids is 1. The lowest BCUT2D eigenvalue weighted by molar-refractivity contribution is -0.173. The van der Waals surface area contributed by atoms with Crippen LogP contribution in [0.1, 0.15) is 52.9 Å². The quantitative estimate of drug-likeness (QED) is 0.703. The number of allylic oxidation sites excluding steroid dienone is 4. The zero-order valence-corrected chi connectivity index (χ0v) is 15.8. The van der Waals surface area contributed by atoms with Crippen molar-refractivity contribution in [1.29, 1.82) is 0 Å². The minimum absolute atomic E-state index is 0.0377. The Morgan fingerprint density at radius 1 is 1.27 bits per heavy atom. The largest absolute Gasteiger partial charge is 0.479 e. The SMILES string of the molecule is C=C1C[C@H]2[C@@H]3C=C(C)C4=CC(=O)CC[C@]4(C)[C@H]3CC[C@]2(C)[C@@]1(O)C(=O)O. The summed E-state index contributed by atoms with van der Waals surface area (Å²) in [6.45, 7) is 10.2. The van der Waals surface area contributed by atoms with Crippen molar-refractivity contribution in [2.45, 2.75) is 58.5 Å². The number of carboxylic acids is 1. The molecule has 2 fully saturated rings. The van der Waals surface area contributed by atoms with Crippen molar-refractivity contribution in [3.8, 4) is 0 Å². The van der Waals surface area contributed by atoms with Crippen molar-refractivity contribution in [3.05, 3.63) is 35.5 Å². The van der Waals surface area contributed by atoms with Crippen LogP contribution < -0.4 is 0 Å². The van der Waals surface area contributed by atoms with Crippen LogP contribution in [0.5, 0.6) is 0 Å². The molecule has 26 heavy (non-hydrogen) atoms. The monoisotopic (exact) mass is 356 g/mol. The van der Waals surface area contributed by atoms with Crippen LogP contribution in [-0.4, -0.2) is 27.6 Å². The third kappa shape index (κ3) is 1.89. The average molecular weight is 356 g/mol. The second-order valence-corrected chi connectivity index (χ2v) is 9.36. The highest BCUT2D eigenvalue weighted by atomic mass is 16.4. The van der Waals surface area contributed by atoms with Crippen molar-refractivity contribution < 1.29 is 19.8 Å². The summed E-state index contributed by atoms with van der Waals surface area (Å²) in [6, 6.07) is 0. The van der Waals surface area contributed by atoms with Gasteiger partial charge in [0.15, 0.2) is 11.4 Å². The van der Waals surface area contributed by atoms with Gasteiger partial charge in [0.1, 0.15) is 0 Å². The Kier molecular flexibility index (Phi) is 3.54. The van der Waals surface area contributed by atoms with E-state index in [0.717, 1.165) is 18.4 Å². The molecule has 0 heterocycles. The Hall–Kier alpha value is -1.68. The molecule has 0 radical (unpaired) electrons. The maximum absolute atomic E-state index is 12.0. The van der Waals surface area contributed by atoms with Gasteiger partial charge in [-0.3, -0.25) is 4.79 Å². The van der Waals surface area contributed by atoms with Gasteiger partial charge in [-0.1, -0.05) is 32.1 Å². The lowest BCUT2D eigenvalue weighted by Gasteiger charge is -2.57. The number of hydrogen-bond acceptors (Lipinski definition) is 3. The molecule has 2 saturated carbocycles. The standard InChI is InChI=1S/C22H28O4/c1-12-9-15-16(20(3)7-5-14(23)11-17(12)20)6-8-21(4)18(15)10-13(2)22(21,26)19(24)25/h9,11,15-16,18,26H,2,5-8,10H2,1,3-4H3,(H,24,25)/t15-,16+,18+,20-,21+,22+/m1/s1. The molecule has 4 nitrogen and oxygen atoms in total. The molecule has 0 amide bonds. The van der Waals surface area contributed by atoms with Crippen LogP contribution in [0, 0.1) is 28.6 Å². The summed E-state index contributed by atoms with van der Waals surface area (Å²) >= 11 is 0. The Labute approximate surface area is 154 Å². The molecule has 4 aliphatic rings. The van der Waals surface area contributed by atoms with Gasteiger partial charge in [-0.05, 0) is 73.0 Å². The van der Waals surface area contributed by atoms with Crippen LogP contribution in [0.25, 0.3) is 0 Å². The van der Waals surface area contributed by atoms with E-state index in [9.17, 15) is 19.8 Å². The molecule has 140 valence electrons. The number of carbonyl (C=O) groups excluding carboxylic acids is 1. The van der Waals surface area contributed by atoms with Crippen molar-refractivity contribution in [2.24, 2.45) is 28.6 Å². The molecule has 0 spiro atoms. The summed E-state index contributed by atoms with van der Waals surface area (Å²) in [5, 5.41) is 20.9. The van der Waals surface area contributed by atoms with Gasteiger partial charge in [0.2, 0.25) is 0 Å². The first-order valence-corrected chi connectivity index (χ1v) is 9.63. The Balaban J connectivity index is 1.83. The summed E-state index contributed by atoms with van der Waals surface area (Å²) in [4.78, 5) is 24.0. The highest BCUT2D eigenvalue weighted by Crippen LogP contribution is 2.67. The van der Waals surface area contributed by atoms with E-state index in [4.69, 9.17) is 0 Å². The molecule has 0 aliphatic heterocycles. The maximum atomic E-state index is 12.0. The Morgan fingerprint density at radius 3 is 2.62 bits per heavy atom. The van der Waals surface area contributed by atoms with Crippen molar-refractivity contribution in [1.82, 2.24) is 0 Å². The van der Waals surface area contributed by atoms with Gasteiger partial charge in [0.25, 0.3) is 0 Å². The lowest BCUT2D eigenvalue weighted by Crippen LogP contribution is -2.57. The fourth-order valence-electron chi connectivity index (χ4n) is 6.78. The van der Waals surface area contributed by atoms with Gasteiger partial charge in [0.05, 0.1) is 0 Å². The van der Waals surface area contributed by atoms with E-state index in [2.05, 4.69) is 26.5 Å². The minimum atomic E-state index is -1.84. The first-order chi connectivity index (χ1) is 12.1.